The van der Waals surface area contributed by atoms with Crippen LogP contribution in [0.1, 0.15) is 40.0 Å². The quantitative estimate of drug-likeness (QED) is 0.516. The molecule has 4 nitrogen and oxygen atoms in total. The first-order valence-electron chi connectivity index (χ1n) is 5.15. The van der Waals surface area contributed by atoms with Crippen molar-refractivity contribution in [2.45, 2.75) is 45.7 Å². The summed E-state index contributed by atoms with van der Waals surface area (Å²) in [6.07, 6.45) is 5.50. The molecule has 4 heteroatoms. The van der Waals surface area contributed by atoms with Crippen molar-refractivity contribution in [2.75, 3.05) is 0 Å². The van der Waals surface area contributed by atoms with Crippen LogP contribution in [0, 0.1) is 11.3 Å². The highest BCUT2D eigenvalue weighted by Crippen LogP contribution is 2.48. The molecule has 82 valence electrons. The third kappa shape index (κ3) is 2.06. The number of isocyanates is 2. The van der Waals surface area contributed by atoms with Crippen molar-refractivity contribution in [3.63, 3.8) is 0 Å². The van der Waals surface area contributed by atoms with E-state index in [2.05, 4.69) is 16.9 Å². The molecule has 0 heterocycles. The van der Waals surface area contributed by atoms with Gasteiger partial charge in [-0.25, -0.2) is 9.59 Å². The van der Waals surface area contributed by atoms with Crippen LogP contribution in [0.15, 0.2) is 9.98 Å². The SMILES string of the molecule is CC1CCC(N=C=O)(N=C=O)C(C)(C)C1. The standard InChI is InChI=1S/C11H16N2O2/c1-9-4-5-11(12-7-14,13-8-15)10(2,3)6-9/h9H,4-6H2,1-3H3. The summed E-state index contributed by atoms with van der Waals surface area (Å²) in [7, 11) is 0. The zero-order chi connectivity index (χ0) is 11.5. The Morgan fingerprint density at radius 1 is 1.20 bits per heavy atom. The molecule has 1 fully saturated rings. The molecule has 0 aliphatic heterocycles. The first-order chi connectivity index (χ1) is 6.97. The van der Waals surface area contributed by atoms with Crippen molar-refractivity contribution in [1.29, 1.82) is 0 Å². The van der Waals surface area contributed by atoms with Crippen molar-refractivity contribution in [3.05, 3.63) is 0 Å². The molecule has 1 saturated carbocycles. The Kier molecular flexibility index (Phi) is 3.23. The van der Waals surface area contributed by atoms with E-state index < -0.39 is 5.66 Å². The summed E-state index contributed by atoms with van der Waals surface area (Å²) in [5.41, 5.74) is -1.23. The Bertz CT molecular complexity index is 318. The third-order valence-corrected chi connectivity index (χ3v) is 3.39. The highest BCUT2D eigenvalue weighted by atomic mass is 16.1. The van der Waals surface area contributed by atoms with Gasteiger partial charge in [0, 0.05) is 5.41 Å². The fourth-order valence-corrected chi connectivity index (χ4v) is 2.51. The first-order valence-corrected chi connectivity index (χ1v) is 5.15. The average Bonchev–Trinajstić information content (AvgIpc) is 2.12. The Balaban J connectivity index is 3.16. The monoisotopic (exact) mass is 208 g/mol. The summed E-state index contributed by atoms with van der Waals surface area (Å²) in [4.78, 5) is 28.4. The van der Waals surface area contributed by atoms with E-state index in [1.54, 1.807) is 0 Å². The van der Waals surface area contributed by atoms with Gasteiger partial charge < -0.3 is 0 Å². The maximum atomic E-state index is 10.4. The minimum Gasteiger partial charge on any atom is -0.211 e. The average molecular weight is 208 g/mol. The minimum absolute atomic E-state index is 0.292. The van der Waals surface area contributed by atoms with Crippen LogP contribution in [0.3, 0.4) is 0 Å². The van der Waals surface area contributed by atoms with Crippen LogP contribution < -0.4 is 0 Å². The molecule has 1 atom stereocenters. The molecule has 1 unspecified atom stereocenters. The highest BCUT2D eigenvalue weighted by Gasteiger charge is 2.49. The van der Waals surface area contributed by atoms with Crippen LogP contribution in [0.4, 0.5) is 0 Å². The van der Waals surface area contributed by atoms with Gasteiger partial charge in [-0.15, -0.1) is 0 Å². The van der Waals surface area contributed by atoms with Crippen molar-refractivity contribution in [1.82, 2.24) is 0 Å². The van der Waals surface area contributed by atoms with Crippen molar-refractivity contribution >= 4 is 12.2 Å². The zero-order valence-electron chi connectivity index (χ0n) is 9.41. The van der Waals surface area contributed by atoms with Gasteiger partial charge in [-0.2, -0.15) is 9.98 Å². The zero-order valence-corrected chi connectivity index (χ0v) is 9.41. The predicted octanol–water partition coefficient (Wildman–Crippen LogP) is 2.20. The van der Waals surface area contributed by atoms with E-state index in [0.29, 0.717) is 12.3 Å². The normalized spacial score (nSPS) is 33.7. The first kappa shape index (κ1) is 11.8. The lowest BCUT2D eigenvalue weighted by Gasteiger charge is -2.44. The minimum atomic E-state index is -0.941. The van der Waals surface area contributed by atoms with Gasteiger partial charge in [-0.3, -0.25) is 0 Å². The molecule has 1 rings (SSSR count). The van der Waals surface area contributed by atoms with Crippen LogP contribution in [0.25, 0.3) is 0 Å². The fourth-order valence-electron chi connectivity index (χ4n) is 2.51. The number of hydrogen-bond acceptors (Lipinski definition) is 4. The second-order valence-electron chi connectivity index (χ2n) is 4.95. The number of rotatable bonds is 2. The number of hydrogen-bond donors (Lipinski definition) is 0. The number of aliphatic imine (C=N–C) groups is 2. The Morgan fingerprint density at radius 3 is 2.13 bits per heavy atom. The fraction of sp³-hybridized carbons (Fsp3) is 0.818. The van der Waals surface area contributed by atoms with Gasteiger partial charge in [0.15, 0.2) is 5.66 Å². The molecule has 0 aromatic rings. The Hall–Kier alpha value is -1.24. The largest absolute Gasteiger partial charge is 0.237 e. The topological polar surface area (TPSA) is 58.9 Å². The van der Waals surface area contributed by atoms with Gasteiger partial charge in [0.25, 0.3) is 0 Å². The van der Waals surface area contributed by atoms with Gasteiger partial charge in [0.2, 0.25) is 12.2 Å². The van der Waals surface area contributed by atoms with Gasteiger partial charge in [-0.05, 0) is 25.2 Å². The van der Waals surface area contributed by atoms with E-state index in [1.165, 1.54) is 12.2 Å². The van der Waals surface area contributed by atoms with Crippen LogP contribution in [0.5, 0.6) is 0 Å². The van der Waals surface area contributed by atoms with E-state index in [-0.39, 0.29) is 5.41 Å². The predicted molar refractivity (Wildman–Crippen MR) is 55.8 cm³/mol. The smallest absolute Gasteiger partial charge is 0.211 e. The molecular weight excluding hydrogens is 192 g/mol. The molecule has 0 bridgehead atoms. The molecule has 0 N–H and O–H groups in total. The van der Waals surface area contributed by atoms with Crippen molar-refractivity contribution in [2.24, 2.45) is 21.3 Å². The molecule has 0 amide bonds. The lowest BCUT2D eigenvalue weighted by atomic mass is 9.65. The number of carbonyl (C=O) groups excluding carboxylic acids is 2. The molecule has 0 spiro atoms. The molecule has 15 heavy (non-hydrogen) atoms. The van der Waals surface area contributed by atoms with Crippen molar-refractivity contribution in [3.8, 4) is 0 Å². The maximum absolute atomic E-state index is 10.4. The maximum Gasteiger partial charge on any atom is 0.237 e. The Labute approximate surface area is 89.5 Å². The summed E-state index contributed by atoms with van der Waals surface area (Å²) in [5, 5.41) is 0. The van der Waals surface area contributed by atoms with E-state index in [4.69, 9.17) is 0 Å². The third-order valence-electron chi connectivity index (χ3n) is 3.39. The second-order valence-corrected chi connectivity index (χ2v) is 4.95. The molecule has 0 aromatic heterocycles. The van der Waals surface area contributed by atoms with E-state index >= 15 is 0 Å². The van der Waals surface area contributed by atoms with Crippen LogP contribution in [-0.2, 0) is 9.59 Å². The molecule has 1 aliphatic rings. The summed E-state index contributed by atoms with van der Waals surface area (Å²) < 4.78 is 0. The van der Waals surface area contributed by atoms with Gasteiger partial charge in [-0.1, -0.05) is 20.8 Å². The molecule has 0 aromatic carbocycles. The highest BCUT2D eigenvalue weighted by molar-refractivity contribution is 5.40. The summed E-state index contributed by atoms with van der Waals surface area (Å²) in [6, 6.07) is 0. The van der Waals surface area contributed by atoms with Gasteiger partial charge in [0.1, 0.15) is 0 Å². The Morgan fingerprint density at radius 2 is 1.73 bits per heavy atom. The van der Waals surface area contributed by atoms with Gasteiger partial charge in [0.05, 0.1) is 0 Å². The van der Waals surface area contributed by atoms with Gasteiger partial charge >= 0.3 is 0 Å². The van der Waals surface area contributed by atoms with Crippen LogP contribution >= 0.6 is 0 Å². The summed E-state index contributed by atoms with van der Waals surface area (Å²) >= 11 is 0. The summed E-state index contributed by atoms with van der Waals surface area (Å²) in [5.74, 6) is 0.567. The second kappa shape index (κ2) is 4.09. The summed E-state index contributed by atoms with van der Waals surface area (Å²) in [6.45, 7) is 6.11. The van der Waals surface area contributed by atoms with Crippen molar-refractivity contribution < 1.29 is 9.59 Å². The lowest BCUT2D eigenvalue weighted by molar-refractivity contribution is 0.0775. The van der Waals surface area contributed by atoms with E-state index in [9.17, 15) is 9.59 Å². The molecule has 0 radical (unpaired) electrons. The lowest BCUT2D eigenvalue weighted by Crippen LogP contribution is -2.46. The van der Waals surface area contributed by atoms with E-state index in [0.717, 1.165) is 12.8 Å². The van der Waals surface area contributed by atoms with Crippen LogP contribution in [0.2, 0.25) is 0 Å². The molecule has 1 aliphatic carbocycles. The molecule has 0 saturated heterocycles. The molecular formula is C11H16N2O2. The van der Waals surface area contributed by atoms with Crippen LogP contribution in [-0.4, -0.2) is 17.8 Å². The number of nitrogens with zero attached hydrogens (tertiary/aromatic N) is 2. The van der Waals surface area contributed by atoms with E-state index in [1.807, 2.05) is 13.8 Å².